The van der Waals surface area contributed by atoms with Gasteiger partial charge in [0.05, 0.1) is 0 Å². The first kappa shape index (κ1) is 20.4. The van der Waals surface area contributed by atoms with Crippen LogP contribution in [0.3, 0.4) is 0 Å². The molecule has 1 aromatic carbocycles. The van der Waals surface area contributed by atoms with Crippen molar-refractivity contribution in [1.29, 1.82) is 0 Å². The van der Waals surface area contributed by atoms with Crippen molar-refractivity contribution in [3.05, 3.63) is 106 Å². The third-order valence-corrected chi connectivity index (χ3v) is 9.80. The van der Waals surface area contributed by atoms with Crippen LogP contribution in [0.1, 0.15) is 0 Å². The summed E-state index contributed by atoms with van der Waals surface area (Å²) >= 11 is 7.32. The quantitative estimate of drug-likeness (QED) is 0.223. The zero-order chi connectivity index (χ0) is 22.5. The summed E-state index contributed by atoms with van der Waals surface area (Å²) in [5.74, 6) is 0. The highest BCUT2D eigenvalue weighted by Crippen LogP contribution is 2.56. The highest BCUT2D eigenvalue weighted by atomic mass is 32.1. The van der Waals surface area contributed by atoms with Gasteiger partial charge in [0.15, 0.2) is 0 Å². The number of rotatable bonds is 4. The molecule has 0 spiro atoms. The first-order valence-electron chi connectivity index (χ1n) is 11.1. The molecule has 0 nitrogen and oxygen atoms in total. The van der Waals surface area contributed by atoms with Gasteiger partial charge in [-0.05, 0) is 73.8 Å². The summed E-state index contributed by atoms with van der Waals surface area (Å²) in [6, 6.07) is 31.2. The van der Waals surface area contributed by atoms with E-state index in [1.165, 1.54) is 63.7 Å². The number of fused-ring (bicyclic) bond motifs is 3. The van der Waals surface area contributed by atoms with Crippen molar-refractivity contribution in [2.24, 2.45) is 0 Å². The van der Waals surface area contributed by atoms with Gasteiger partial charge in [-0.3, -0.25) is 0 Å². The fourth-order valence-electron chi connectivity index (χ4n) is 4.94. The van der Waals surface area contributed by atoms with E-state index in [9.17, 15) is 0 Å². The lowest BCUT2D eigenvalue weighted by Crippen LogP contribution is -1.92. The van der Waals surface area contributed by atoms with Crippen LogP contribution in [0.15, 0.2) is 106 Å². The standard InChI is InChI=1S/C30H18S4/c1-2-8-19-18-21-26(20(19)9-3-1)28(23-11-5-15-32-23)30(25-13-7-17-34-25)29(24-12-6-16-33-24)27(21)22-10-4-14-31-22/h1-18H. The summed E-state index contributed by atoms with van der Waals surface area (Å²) in [4.78, 5) is 5.29. The van der Waals surface area contributed by atoms with Gasteiger partial charge in [0.2, 0.25) is 0 Å². The average Bonchev–Trinajstić information content (AvgIpc) is 3.67. The molecule has 0 fully saturated rings. The maximum absolute atomic E-state index is 2.41. The fourth-order valence-corrected chi connectivity index (χ4v) is 8.08. The lowest BCUT2D eigenvalue weighted by Gasteiger charge is -2.20. The molecule has 162 valence electrons. The first-order chi connectivity index (χ1) is 16.9. The topological polar surface area (TPSA) is 0 Å². The van der Waals surface area contributed by atoms with E-state index in [1.54, 1.807) is 0 Å². The van der Waals surface area contributed by atoms with Gasteiger partial charge in [0.25, 0.3) is 0 Å². The van der Waals surface area contributed by atoms with Gasteiger partial charge < -0.3 is 0 Å². The van der Waals surface area contributed by atoms with E-state index in [0.29, 0.717) is 0 Å². The number of thiophene rings is 4. The van der Waals surface area contributed by atoms with Crippen LogP contribution in [0.4, 0.5) is 0 Å². The predicted octanol–water partition coefficient (Wildman–Crippen LogP) is 10.9. The Morgan fingerprint density at radius 1 is 0.412 bits per heavy atom. The minimum Gasteiger partial charge on any atom is -0.144 e. The first-order valence-corrected chi connectivity index (χ1v) is 14.6. The Bertz CT molecular complexity index is 1670. The number of hydrogen-bond donors (Lipinski definition) is 0. The largest absolute Gasteiger partial charge is 0.144 e. The smallest absolute Gasteiger partial charge is 0.0356 e. The van der Waals surface area contributed by atoms with Crippen LogP contribution in [0.25, 0.3) is 63.7 Å². The third kappa shape index (κ3) is 3.14. The molecule has 0 N–H and O–H groups in total. The molecule has 34 heavy (non-hydrogen) atoms. The van der Waals surface area contributed by atoms with Crippen LogP contribution < -0.4 is 0 Å². The van der Waals surface area contributed by atoms with Crippen LogP contribution in [0, 0.1) is 0 Å². The van der Waals surface area contributed by atoms with Crippen molar-refractivity contribution in [3.63, 3.8) is 0 Å². The summed E-state index contributed by atoms with van der Waals surface area (Å²) in [6.45, 7) is 0. The molecule has 0 aliphatic heterocycles. The fraction of sp³-hybridized carbons (Fsp3) is 0. The Labute approximate surface area is 214 Å². The van der Waals surface area contributed by atoms with Crippen LogP contribution in [-0.2, 0) is 0 Å². The summed E-state index contributed by atoms with van der Waals surface area (Å²) in [5, 5.41) is 11.5. The van der Waals surface area contributed by atoms with Crippen molar-refractivity contribution in [2.45, 2.75) is 0 Å². The summed E-state index contributed by atoms with van der Waals surface area (Å²) < 4.78 is 0. The van der Waals surface area contributed by atoms with Gasteiger partial charge in [-0.15, -0.1) is 45.3 Å². The van der Waals surface area contributed by atoms with Crippen molar-refractivity contribution < 1.29 is 0 Å². The van der Waals surface area contributed by atoms with Gasteiger partial charge in [-0.1, -0.05) is 54.6 Å². The third-order valence-electron chi connectivity index (χ3n) is 6.25. The Hall–Kier alpha value is -3.02. The summed E-state index contributed by atoms with van der Waals surface area (Å²) in [5.41, 5.74) is 8.03. The maximum atomic E-state index is 2.41. The zero-order valence-corrected chi connectivity index (χ0v) is 21.3. The Balaban J connectivity index is 1.80. The molecule has 2 aliphatic carbocycles. The van der Waals surface area contributed by atoms with E-state index in [0.717, 1.165) is 0 Å². The molecule has 4 heterocycles. The summed E-state index contributed by atoms with van der Waals surface area (Å²) in [7, 11) is 0. The minimum atomic E-state index is 1.29. The molecule has 4 heteroatoms. The van der Waals surface area contributed by atoms with Gasteiger partial charge in [0, 0.05) is 41.8 Å². The highest BCUT2D eigenvalue weighted by molar-refractivity contribution is 7.16. The second-order valence-corrected chi connectivity index (χ2v) is 11.9. The minimum absolute atomic E-state index is 1.29. The second kappa shape index (κ2) is 8.33. The lowest BCUT2D eigenvalue weighted by molar-refractivity contribution is 1.73. The maximum Gasteiger partial charge on any atom is 0.0356 e. The van der Waals surface area contributed by atoms with Gasteiger partial charge in [-0.2, -0.15) is 0 Å². The Morgan fingerprint density at radius 2 is 0.912 bits per heavy atom. The lowest BCUT2D eigenvalue weighted by atomic mass is 9.87. The second-order valence-electron chi connectivity index (χ2n) is 8.12. The van der Waals surface area contributed by atoms with Crippen LogP contribution in [0.2, 0.25) is 0 Å². The van der Waals surface area contributed by atoms with Gasteiger partial charge in [0.1, 0.15) is 0 Å². The zero-order valence-electron chi connectivity index (χ0n) is 18.0. The van der Waals surface area contributed by atoms with Crippen molar-refractivity contribution in [2.75, 3.05) is 0 Å². The summed E-state index contributed by atoms with van der Waals surface area (Å²) in [6.07, 6.45) is 0. The molecule has 0 atom stereocenters. The molecule has 0 bridgehead atoms. The molecule has 0 amide bonds. The molecule has 0 unspecified atom stereocenters. The van der Waals surface area contributed by atoms with E-state index in [2.05, 4.69) is 106 Å². The SMILES string of the molecule is c1ccc2cc3c(-c4cccs4)c(-c4cccs4)c(-c4cccs4)c(-c4cccs4)c3c-2cc1. The van der Waals surface area contributed by atoms with Crippen molar-refractivity contribution in [3.8, 4) is 52.9 Å². The van der Waals surface area contributed by atoms with Crippen molar-refractivity contribution in [1.82, 2.24) is 0 Å². The number of hydrogen-bond acceptors (Lipinski definition) is 4. The van der Waals surface area contributed by atoms with Crippen LogP contribution >= 0.6 is 45.3 Å². The van der Waals surface area contributed by atoms with E-state index < -0.39 is 0 Å². The number of benzene rings is 1. The van der Waals surface area contributed by atoms with E-state index in [-0.39, 0.29) is 0 Å². The van der Waals surface area contributed by atoms with Gasteiger partial charge >= 0.3 is 0 Å². The molecule has 5 aromatic rings. The van der Waals surface area contributed by atoms with E-state index in [1.807, 2.05) is 45.3 Å². The molecule has 2 aliphatic rings. The Kier molecular flexibility index (Phi) is 4.99. The van der Waals surface area contributed by atoms with E-state index >= 15 is 0 Å². The molecule has 4 aromatic heterocycles. The monoisotopic (exact) mass is 506 g/mol. The predicted molar refractivity (Wildman–Crippen MR) is 154 cm³/mol. The van der Waals surface area contributed by atoms with Crippen LogP contribution in [-0.4, -0.2) is 0 Å². The molecular weight excluding hydrogens is 489 g/mol. The highest BCUT2D eigenvalue weighted by Gasteiger charge is 2.28. The Morgan fingerprint density at radius 3 is 1.47 bits per heavy atom. The van der Waals surface area contributed by atoms with Crippen molar-refractivity contribution >= 4 is 56.1 Å². The molecule has 0 saturated carbocycles. The van der Waals surface area contributed by atoms with Gasteiger partial charge in [-0.25, -0.2) is 0 Å². The average molecular weight is 507 g/mol. The molecular formula is C30H18S4. The molecule has 7 rings (SSSR count). The van der Waals surface area contributed by atoms with Crippen LogP contribution in [0.5, 0.6) is 0 Å². The normalized spacial score (nSPS) is 11.5. The molecule has 0 saturated heterocycles. The molecule has 0 radical (unpaired) electrons. The van der Waals surface area contributed by atoms with E-state index in [4.69, 9.17) is 0 Å².